The Bertz CT molecular complexity index is 227. The van der Waals surface area contributed by atoms with Crippen LogP contribution in [0.1, 0.15) is 25.7 Å². The number of rotatable bonds is 1. The molecule has 2 aliphatic rings. The van der Waals surface area contributed by atoms with Gasteiger partial charge in [0.1, 0.15) is 0 Å². The van der Waals surface area contributed by atoms with Crippen molar-refractivity contribution in [3.63, 3.8) is 0 Å². The van der Waals surface area contributed by atoms with Crippen LogP contribution in [-0.2, 0) is 4.79 Å². The highest BCUT2D eigenvalue weighted by Crippen LogP contribution is 2.30. The largest absolute Gasteiger partial charge is 0.349 e. The Kier molecular flexibility index (Phi) is 2.77. The molecule has 0 radical (unpaired) electrons. The van der Waals surface area contributed by atoms with Crippen LogP contribution in [-0.4, -0.2) is 48.9 Å². The Morgan fingerprint density at radius 3 is 2.79 bits per heavy atom. The third kappa shape index (κ3) is 1.78. The summed E-state index contributed by atoms with van der Waals surface area (Å²) in [5.74, 6) is 0.626. The minimum Gasteiger partial charge on any atom is -0.349 e. The molecule has 0 saturated carbocycles. The van der Waals surface area contributed by atoms with Gasteiger partial charge in [-0.05, 0) is 38.8 Å². The summed E-state index contributed by atoms with van der Waals surface area (Å²) >= 11 is 0. The number of nitrogens with zero attached hydrogens (tertiary/aromatic N) is 2. The first-order valence-electron chi connectivity index (χ1n) is 5.63. The van der Waals surface area contributed by atoms with E-state index in [-0.39, 0.29) is 0 Å². The van der Waals surface area contributed by atoms with Crippen LogP contribution in [0.2, 0.25) is 0 Å². The second kappa shape index (κ2) is 3.89. The zero-order chi connectivity index (χ0) is 10.1. The van der Waals surface area contributed by atoms with Crippen molar-refractivity contribution in [3.8, 4) is 0 Å². The van der Waals surface area contributed by atoms with Gasteiger partial charge in [0.05, 0.1) is 0 Å². The van der Waals surface area contributed by atoms with Crippen molar-refractivity contribution in [1.29, 1.82) is 0 Å². The molecule has 2 rings (SSSR count). The van der Waals surface area contributed by atoms with Crippen molar-refractivity contribution < 1.29 is 4.79 Å². The molecule has 3 nitrogen and oxygen atoms in total. The van der Waals surface area contributed by atoms with E-state index in [1.807, 2.05) is 14.1 Å². The van der Waals surface area contributed by atoms with Gasteiger partial charge in [-0.3, -0.25) is 4.79 Å². The Morgan fingerprint density at radius 1 is 1.29 bits per heavy atom. The number of carbonyl (C=O) groups excluding carboxylic acids is 1. The first-order valence-corrected chi connectivity index (χ1v) is 5.63. The lowest BCUT2D eigenvalue weighted by Crippen LogP contribution is -2.43. The normalized spacial score (nSPS) is 32.7. The summed E-state index contributed by atoms with van der Waals surface area (Å²) in [4.78, 5) is 16.1. The fraction of sp³-hybridized carbons (Fsp3) is 0.909. The highest BCUT2D eigenvalue weighted by atomic mass is 16.2. The molecule has 3 heteroatoms. The Morgan fingerprint density at radius 2 is 2.07 bits per heavy atom. The molecule has 2 atom stereocenters. The van der Waals surface area contributed by atoms with Gasteiger partial charge in [0.25, 0.3) is 0 Å². The number of hydrogen-bond acceptors (Lipinski definition) is 2. The topological polar surface area (TPSA) is 23.6 Å². The van der Waals surface area contributed by atoms with Crippen LogP contribution >= 0.6 is 0 Å². The Labute approximate surface area is 86.1 Å². The lowest BCUT2D eigenvalue weighted by Gasteiger charge is -2.35. The van der Waals surface area contributed by atoms with Crippen LogP contribution in [0.25, 0.3) is 0 Å². The maximum Gasteiger partial charge on any atom is 0.225 e. The van der Waals surface area contributed by atoms with Gasteiger partial charge in [-0.15, -0.1) is 0 Å². The summed E-state index contributed by atoms with van der Waals surface area (Å²) in [6.07, 6.45) is 4.79. The molecule has 0 aromatic rings. The van der Waals surface area contributed by atoms with Crippen LogP contribution in [0.4, 0.5) is 0 Å². The predicted octanol–water partition coefficient (Wildman–Crippen LogP) is 0.949. The first kappa shape index (κ1) is 9.97. The van der Waals surface area contributed by atoms with E-state index in [9.17, 15) is 4.79 Å². The number of carbonyl (C=O) groups is 1. The van der Waals surface area contributed by atoms with Gasteiger partial charge in [-0.25, -0.2) is 0 Å². The van der Waals surface area contributed by atoms with Crippen LogP contribution in [0.5, 0.6) is 0 Å². The van der Waals surface area contributed by atoms with Crippen molar-refractivity contribution in [2.45, 2.75) is 31.7 Å². The zero-order valence-corrected chi connectivity index (χ0v) is 9.20. The number of fused-ring (bicyclic) bond motifs is 1. The van der Waals surface area contributed by atoms with E-state index in [1.165, 1.54) is 19.4 Å². The number of hydrogen-bond donors (Lipinski definition) is 0. The van der Waals surface area contributed by atoms with E-state index < -0.39 is 0 Å². The lowest BCUT2D eigenvalue weighted by molar-refractivity contribution is -0.134. The SMILES string of the molecule is CN(C)C(=O)C1CCN2CCCC2C1. The fourth-order valence-corrected chi connectivity index (χ4v) is 2.81. The zero-order valence-electron chi connectivity index (χ0n) is 9.20. The van der Waals surface area contributed by atoms with Gasteiger partial charge >= 0.3 is 0 Å². The molecular formula is C11H20N2O. The van der Waals surface area contributed by atoms with E-state index in [2.05, 4.69) is 4.90 Å². The summed E-state index contributed by atoms with van der Waals surface area (Å²) in [6, 6.07) is 0.706. The quantitative estimate of drug-likeness (QED) is 0.623. The molecular weight excluding hydrogens is 176 g/mol. The summed E-state index contributed by atoms with van der Waals surface area (Å²) < 4.78 is 0. The van der Waals surface area contributed by atoms with Crippen LogP contribution in [0, 0.1) is 5.92 Å². The van der Waals surface area contributed by atoms with Gasteiger partial charge in [0.15, 0.2) is 0 Å². The van der Waals surface area contributed by atoms with E-state index in [0.717, 1.165) is 19.4 Å². The molecule has 2 aliphatic heterocycles. The van der Waals surface area contributed by atoms with Crippen LogP contribution in [0.3, 0.4) is 0 Å². The van der Waals surface area contributed by atoms with Gasteiger partial charge in [0.2, 0.25) is 5.91 Å². The molecule has 0 bridgehead atoms. The molecule has 14 heavy (non-hydrogen) atoms. The average Bonchev–Trinajstić information content (AvgIpc) is 2.62. The second-order valence-electron chi connectivity index (χ2n) is 4.79. The molecule has 2 fully saturated rings. The Balaban J connectivity index is 1.94. The molecule has 0 aliphatic carbocycles. The second-order valence-corrected chi connectivity index (χ2v) is 4.79. The molecule has 0 spiro atoms. The maximum atomic E-state index is 11.8. The van der Waals surface area contributed by atoms with E-state index in [1.54, 1.807) is 4.90 Å². The van der Waals surface area contributed by atoms with Crippen molar-refractivity contribution in [1.82, 2.24) is 9.80 Å². The van der Waals surface area contributed by atoms with Crippen LogP contribution in [0.15, 0.2) is 0 Å². The standard InChI is InChI=1S/C11H20N2O/c1-12(2)11(14)9-5-7-13-6-3-4-10(13)8-9/h9-10H,3-8H2,1-2H3. The molecule has 0 N–H and O–H groups in total. The molecule has 2 unspecified atom stereocenters. The summed E-state index contributed by atoms with van der Waals surface area (Å²) in [5.41, 5.74) is 0. The van der Waals surface area contributed by atoms with E-state index >= 15 is 0 Å². The highest BCUT2D eigenvalue weighted by molar-refractivity contribution is 5.78. The monoisotopic (exact) mass is 196 g/mol. The highest BCUT2D eigenvalue weighted by Gasteiger charge is 2.34. The van der Waals surface area contributed by atoms with Crippen molar-refractivity contribution in [2.24, 2.45) is 5.92 Å². The van der Waals surface area contributed by atoms with E-state index in [4.69, 9.17) is 0 Å². The van der Waals surface area contributed by atoms with Crippen molar-refractivity contribution >= 4 is 5.91 Å². The third-order valence-electron chi connectivity index (χ3n) is 3.61. The van der Waals surface area contributed by atoms with E-state index in [0.29, 0.717) is 17.9 Å². The summed E-state index contributed by atoms with van der Waals surface area (Å²) in [6.45, 7) is 2.39. The average molecular weight is 196 g/mol. The molecule has 0 aromatic carbocycles. The van der Waals surface area contributed by atoms with Crippen molar-refractivity contribution in [3.05, 3.63) is 0 Å². The van der Waals surface area contributed by atoms with Gasteiger partial charge in [-0.2, -0.15) is 0 Å². The minimum atomic E-state index is 0.296. The summed E-state index contributed by atoms with van der Waals surface area (Å²) in [7, 11) is 3.73. The first-order chi connectivity index (χ1) is 6.68. The van der Waals surface area contributed by atoms with Gasteiger partial charge in [0, 0.05) is 26.1 Å². The fourth-order valence-electron chi connectivity index (χ4n) is 2.81. The molecule has 2 heterocycles. The smallest absolute Gasteiger partial charge is 0.225 e. The molecule has 80 valence electrons. The van der Waals surface area contributed by atoms with Crippen molar-refractivity contribution in [2.75, 3.05) is 27.2 Å². The molecule has 1 amide bonds. The summed E-state index contributed by atoms with van der Waals surface area (Å²) in [5, 5.41) is 0. The molecule has 0 aromatic heterocycles. The van der Waals surface area contributed by atoms with Crippen LogP contribution < -0.4 is 0 Å². The van der Waals surface area contributed by atoms with Gasteiger partial charge < -0.3 is 9.80 Å². The van der Waals surface area contributed by atoms with Gasteiger partial charge in [-0.1, -0.05) is 0 Å². The molecule has 2 saturated heterocycles. The number of piperidine rings is 1. The Hall–Kier alpha value is -0.570. The number of amides is 1. The minimum absolute atomic E-state index is 0.296. The third-order valence-corrected chi connectivity index (χ3v) is 3.61. The predicted molar refractivity (Wildman–Crippen MR) is 56.0 cm³/mol. The lowest BCUT2D eigenvalue weighted by atomic mass is 9.90. The maximum absolute atomic E-state index is 11.8.